The monoisotopic (exact) mass is 375 g/mol. The van der Waals surface area contributed by atoms with Crippen molar-refractivity contribution in [2.75, 3.05) is 13.2 Å². The number of hydrogen-bond acceptors (Lipinski definition) is 3. The van der Waals surface area contributed by atoms with Gasteiger partial charge in [-0.25, -0.2) is 0 Å². The molecule has 0 aliphatic heterocycles. The molecule has 154 valence electrons. The summed E-state index contributed by atoms with van der Waals surface area (Å²) in [5.41, 5.74) is 7.29. The highest BCUT2D eigenvalue weighted by molar-refractivity contribution is 5.27. The summed E-state index contributed by atoms with van der Waals surface area (Å²) in [5, 5.41) is 9.74. The van der Waals surface area contributed by atoms with Crippen LogP contribution >= 0.6 is 0 Å². The zero-order valence-corrected chi connectivity index (χ0v) is 17.8. The van der Waals surface area contributed by atoms with Crippen LogP contribution in [0.1, 0.15) is 77.7 Å². The van der Waals surface area contributed by atoms with Crippen LogP contribution in [0.2, 0.25) is 0 Å². The molecular weight excluding hydrogens is 334 g/mol. The number of rotatable bonds is 13. The lowest BCUT2D eigenvalue weighted by atomic mass is 9.75. The van der Waals surface area contributed by atoms with Gasteiger partial charge in [-0.1, -0.05) is 65.0 Å². The third-order valence-electron chi connectivity index (χ3n) is 6.08. The summed E-state index contributed by atoms with van der Waals surface area (Å²) in [5.74, 6) is 3.06. The molecular formula is C24H41NO2. The van der Waals surface area contributed by atoms with Crippen molar-refractivity contribution in [1.82, 2.24) is 0 Å². The van der Waals surface area contributed by atoms with E-state index in [0.717, 1.165) is 43.5 Å². The Labute approximate surface area is 166 Å². The average Bonchev–Trinajstić information content (AvgIpc) is 2.62. The molecule has 1 aliphatic carbocycles. The predicted octanol–water partition coefficient (Wildman–Crippen LogP) is 5.34. The number of aliphatic hydroxyl groups excluding tert-OH is 1. The van der Waals surface area contributed by atoms with Crippen LogP contribution in [-0.4, -0.2) is 23.9 Å². The average molecular weight is 376 g/mol. The van der Waals surface area contributed by atoms with Crippen LogP contribution in [0.4, 0.5) is 0 Å². The van der Waals surface area contributed by atoms with Crippen LogP contribution < -0.4 is 10.5 Å². The van der Waals surface area contributed by atoms with Crippen LogP contribution in [-0.2, 0) is 6.42 Å². The van der Waals surface area contributed by atoms with Crippen molar-refractivity contribution in [2.24, 2.45) is 23.5 Å². The summed E-state index contributed by atoms with van der Waals surface area (Å²) in [6.07, 6.45) is 10.4. The lowest BCUT2D eigenvalue weighted by molar-refractivity contribution is 0.135. The first kappa shape index (κ1) is 22.2. The lowest BCUT2D eigenvalue weighted by Gasteiger charge is -2.35. The maximum atomic E-state index is 9.74. The molecule has 0 bridgehead atoms. The van der Waals surface area contributed by atoms with Crippen LogP contribution in [0.3, 0.4) is 0 Å². The van der Waals surface area contributed by atoms with E-state index in [2.05, 4.69) is 45.0 Å². The highest BCUT2D eigenvalue weighted by Gasteiger charge is 2.30. The second-order valence-corrected chi connectivity index (χ2v) is 9.41. The lowest BCUT2D eigenvalue weighted by Crippen LogP contribution is -2.46. The minimum absolute atomic E-state index is 0.0827. The molecule has 3 heteroatoms. The molecule has 0 amide bonds. The molecule has 0 aromatic heterocycles. The van der Waals surface area contributed by atoms with Gasteiger partial charge in [0, 0.05) is 5.54 Å². The van der Waals surface area contributed by atoms with E-state index in [0.29, 0.717) is 5.92 Å². The van der Waals surface area contributed by atoms with E-state index in [1.807, 2.05) is 0 Å². The van der Waals surface area contributed by atoms with E-state index in [4.69, 9.17) is 10.5 Å². The Hall–Kier alpha value is -1.06. The van der Waals surface area contributed by atoms with Crippen LogP contribution in [0.15, 0.2) is 24.3 Å². The van der Waals surface area contributed by atoms with Gasteiger partial charge in [0.1, 0.15) is 5.75 Å². The van der Waals surface area contributed by atoms with Gasteiger partial charge in [-0.2, -0.15) is 0 Å². The summed E-state index contributed by atoms with van der Waals surface area (Å²) in [4.78, 5) is 0. The Morgan fingerprint density at radius 1 is 1.15 bits per heavy atom. The molecule has 2 atom stereocenters. The van der Waals surface area contributed by atoms with Gasteiger partial charge in [0.05, 0.1) is 13.2 Å². The molecule has 2 unspecified atom stereocenters. The summed E-state index contributed by atoms with van der Waals surface area (Å²) >= 11 is 0. The molecule has 1 aromatic rings. The fraction of sp³-hybridized carbons (Fsp3) is 0.750. The van der Waals surface area contributed by atoms with Crippen LogP contribution in [0, 0.1) is 17.8 Å². The molecule has 3 N–H and O–H groups in total. The smallest absolute Gasteiger partial charge is 0.119 e. The van der Waals surface area contributed by atoms with Crippen molar-refractivity contribution >= 4 is 0 Å². The zero-order chi connectivity index (χ0) is 19.7. The standard InChI is InChI=1S/C24H41NO2/c1-19(2)6-4-7-20(3)17-27-23-12-10-21(11-13-23)14-15-24(25,18-26)16-22-8-5-9-22/h10-13,19-20,22,26H,4-9,14-18,25H2,1-3H3. The predicted molar refractivity (Wildman–Crippen MR) is 114 cm³/mol. The SMILES string of the molecule is CC(C)CCCC(C)COc1ccc(CCC(N)(CO)CC2CCC2)cc1. The Kier molecular flexibility index (Phi) is 9.11. The number of hydrogen-bond donors (Lipinski definition) is 2. The number of ether oxygens (including phenoxy) is 1. The Morgan fingerprint density at radius 3 is 2.41 bits per heavy atom. The highest BCUT2D eigenvalue weighted by Crippen LogP contribution is 2.34. The van der Waals surface area contributed by atoms with Crippen molar-refractivity contribution in [3.63, 3.8) is 0 Å². The normalized spacial score (nSPS) is 18.1. The first-order chi connectivity index (χ1) is 12.9. The maximum Gasteiger partial charge on any atom is 0.119 e. The summed E-state index contributed by atoms with van der Waals surface area (Å²) in [7, 11) is 0. The van der Waals surface area contributed by atoms with Crippen molar-refractivity contribution in [1.29, 1.82) is 0 Å². The topological polar surface area (TPSA) is 55.5 Å². The second kappa shape index (κ2) is 11.1. The van der Waals surface area contributed by atoms with Gasteiger partial charge in [0.2, 0.25) is 0 Å². The molecule has 1 aromatic carbocycles. The first-order valence-electron chi connectivity index (χ1n) is 11.0. The van der Waals surface area contributed by atoms with Crippen molar-refractivity contribution in [2.45, 2.75) is 84.1 Å². The maximum absolute atomic E-state index is 9.74. The number of benzene rings is 1. The number of nitrogens with two attached hydrogens (primary N) is 1. The van der Waals surface area contributed by atoms with E-state index in [-0.39, 0.29) is 6.61 Å². The molecule has 1 aliphatic rings. The van der Waals surface area contributed by atoms with Gasteiger partial charge >= 0.3 is 0 Å². The summed E-state index contributed by atoms with van der Waals surface area (Å²) in [6.45, 7) is 7.71. The van der Waals surface area contributed by atoms with Crippen molar-refractivity contribution < 1.29 is 9.84 Å². The molecule has 1 saturated carbocycles. The van der Waals surface area contributed by atoms with Crippen molar-refractivity contribution in [3.8, 4) is 5.75 Å². The third-order valence-corrected chi connectivity index (χ3v) is 6.08. The largest absolute Gasteiger partial charge is 0.493 e. The Morgan fingerprint density at radius 2 is 1.85 bits per heavy atom. The minimum Gasteiger partial charge on any atom is -0.493 e. The van der Waals surface area contributed by atoms with Gasteiger partial charge in [0.15, 0.2) is 0 Å². The van der Waals surface area contributed by atoms with Gasteiger partial charge < -0.3 is 15.6 Å². The van der Waals surface area contributed by atoms with E-state index in [1.54, 1.807) is 0 Å². The van der Waals surface area contributed by atoms with Gasteiger partial charge in [-0.3, -0.25) is 0 Å². The second-order valence-electron chi connectivity index (χ2n) is 9.41. The number of aryl methyl sites for hydroxylation is 1. The minimum atomic E-state index is -0.425. The summed E-state index contributed by atoms with van der Waals surface area (Å²) < 4.78 is 5.96. The van der Waals surface area contributed by atoms with E-state index in [9.17, 15) is 5.11 Å². The fourth-order valence-electron chi connectivity index (χ4n) is 3.86. The van der Waals surface area contributed by atoms with Gasteiger partial charge in [0.25, 0.3) is 0 Å². The molecule has 27 heavy (non-hydrogen) atoms. The zero-order valence-electron chi connectivity index (χ0n) is 17.8. The molecule has 0 spiro atoms. The van der Waals surface area contributed by atoms with Gasteiger partial charge in [-0.05, 0) is 61.1 Å². The van der Waals surface area contributed by atoms with E-state index in [1.165, 1.54) is 44.1 Å². The Bertz CT molecular complexity index is 524. The summed E-state index contributed by atoms with van der Waals surface area (Å²) in [6, 6.07) is 8.41. The van der Waals surface area contributed by atoms with Gasteiger partial charge in [-0.15, -0.1) is 0 Å². The highest BCUT2D eigenvalue weighted by atomic mass is 16.5. The molecule has 1 fully saturated rings. The third kappa shape index (κ3) is 8.23. The van der Waals surface area contributed by atoms with Crippen molar-refractivity contribution in [3.05, 3.63) is 29.8 Å². The van der Waals surface area contributed by atoms with Crippen LogP contribution in [0.25, 0.3) is 0 Å². The van der Waals surface area contributed by atoms with E-state index < -0.39 is 5.54 Å². The van der Waals surface area contributed by atoms with Crippen LogP contribution in [0.5, 0.6) is 5.75 Å². The Balaban J connectivity index is 1.70. The van der Waals surface area contributed by atoms with E-state index >= 15 is 0 Å². The quantitative estimate of drug-likeness (QED) is 0.489. The molecule has 0 radical (unpaired) electrons. The number of aliphatic hydroxyl groups is 1. The molecule has 0 saturated heterocycles. The molecule has 0 heterocycles. The molecule has 3 nitrogen and oxygen atoms in total. The molecule has 2 rings (SSSR count). The fourth-order valence-corrected chi connectivity index (χ4v) is 3.86. The first-order valence-corrected chi connectivity index (χ1v) is 11.0.